The van der Waals surface area contributed by atoms with Crippen LogP contribution in [0.4, 0.5) is 5.69 Å². The molecule has 1 aromatic carbocycles. The molecule has 90 valence electrons. The molecule has 0 amide bonds. The van der Waals surface area contributed by atoms with Gasteiger partial charge in [0.2, 0.25) is 0 Å². The van der Waals surface area contributed by atoms with Gasteiger partial charge in [0.1, 0.15) is 0 Å². The molecule has 1 aliphatic heterocycles. The quantitative estimate of drug-likeness (QED) is 0.614. The zero-order valence-corrected chi connectivity index (χ0v) is 10.2. The maximum absolute atomic E-state index is 6.08. The van der Waals surface area contributed by atoms with Crippen molar-refractivity contribution in [1.29, 1.82) is 0 Å². The summed E-state index contributed by atoms with van der Waals surface area (Å²) in [6.45, 7) is 7.64. The van der Waals surface area contributed by atoms with Crippen LogP contribution in [0.15, 0.2) is 43.5 Å². The minimum absolute atomic E-state index is 0.338. The molecule has 2 nitrogen and oxygen atoms in total. The first-order chi connectivity index (χ1) is 8.26. The van der Waals surface area contributed by atoms with E-state index in [4.69, 9.17) is 5.73 Å². The van der Waals surface area contributed by atoms with Crippen LogP contribution in [0.2, 0.25) is 0 Å². The van der Waals surface area contributed by atoms with Gasteiger partial charge in [-0.15, -0.1) is 13.2 Å². The summed E-state index contributed by atoms with van der Waals surface area (Å²) in [7, 11) is 0. The molecule has 0 saturated heterocycles. The second-order valence-electron chi connectivity index (χ2n) is 4.58. The number of rotatable bonds is 4. The highest BCUT2D eigenvalue weighted by Crippen LogP contribution is 2.32. The van der Waals surface area contributed by atoms with Gasteiger partial charge in [0.25, 0.3) is 0 Å². The largest absolute Gasteiger partial charge is 0.398 e. The first-order valence-corrected chi connectivity index (χ1v) is 6.11. The van der Waals surface area contributed by atoms with Crippen molar-refractivity contribution in [3.63, 3.8) is 0 Å². The zero-order chi connectivity index (χ0) is 12.3. The molecule has 0 aliphatic carbocycles. The summed E-state index contributed by atoms with van der Waals surface area (Å²) >= 11 is 0. The first-order valence-electron chi connectivity index (χ1n) is 6.11. The monoisotopic (exact) mass is 228 g/mol. The molecule has 2 heteroatoms. The highest BCUT2D eigenvalue weighted by molar-refractivity contribution is 5.53. The Labute approximate surface area is 103 Å². The fourth-order valence-corrected chi connectivity index (χ4v) is 2.58. The molecule has 1 aliphatic rings. The Balaban J connectivity index is 2.34. The molecule has 1 heterocycles. The fraction of sp³-hybridized carbons (Fsp3) is 0.333. The predicted molar refractivity (Wildman–Crippen MR) is 73.9 cm³/mol. The van der Waals surface area contributed by atoms with Gasteiger partial charge in [-0.1, -0.05) is 24.3 Å². The molecule has 2 rings (SSSR count). The number of benzene rings is 1. The third-order valence-electron chi connectivity index (χ3n) is 3.36. The Bertz CT molecular complexity index is 423. The van der Waals surface area contributed by atoms with E-state index in [0.717, 1.165) is 24.9 Å². The third kappa shape index (κ3) is 2.42. The Morgan fingerprint density at radius 3 is 2.76 bits per heavy atom. The Hall–Kier alpha value is -1.54. The van der Waals surface area contributed by atoms with Gasteiger partial charge in [-0.05, 0) is 36.5 Å². The maximum Gasteiger partial charge on any atom is 0.0360 e. The summed E-state index contributed by atoms with van der Waals surface area (Å²) in [5, 5.41) is 3.64. The third-order valence-corrected chi connectivity index (χ3v) is 3.36. The van der Waals surface area contributed by atoms with Crippen LogP contribution in [0.1, 0.15) is 30.0 Å². The lowest BCUT2D eigenvalue weighted by Gasteiger charge is -2.33. The van der Waals surface area contributed by atoms with Crippen molar-refractivity contribution in [3.8, 4) is 0 Å². The van der Waals surface area contributed by atoms with Crippen molar-refractivity contribution < 1.29 is 0 Å². The van der Waals surface area contributed by atoms with E-state index < -0.39 is 0 Å². The zero-order valence-electron chi connectivity index (χ0n) is 10.2. The van der Waals surface area contributed by atoms with Gasteiger partial charge in [0.15, 0.2) is 0 Å². The summed E-state index contributed by atoms with van der Waals surface area (Å²) < 4.78 is 0. The number of hydrogen-bond acceptors (Lipinski definition) is 2. The van der Waals surface area contributed by atoms with Crippen LogP contribution in [0.5, 0.6) is 0 Å². The van der Waals surface area contributed by atoms with Crippen LogP contribution < -0.4 is 11.1 Å². The van der Waals surface area contributed by atoms with E-state index in [0.29, 0.717) is 12.1 Å². The molecule has 3 N–H and O–H groups in total. The van der Waals surface area contributed by atoms with E-state index >= 15 is 0 Å². The Morgan fingerprint density at radius 2 is 2.06 bits per heavy atom. The molecule has 0 radical (unpaired) electrons. The van der Waals surface area contributed by atoms with Crippen LogP contribution in [0, 0.1) is 0 Å². The number of nitrogens with two attached hydrogens (primary N) is 1. The summed E-state index contributed by atoms with van der Waals surface area (Å²) in [5.74, 6) is 0. The van der Waals surface area contributed by atoms with Gasteiger partial charge in [0, 0.05) is 17.8 Å². The van der Waals surface area contributed by atoms with Crippen LogP contribution in [-0.4, -0.2) is 6.04 Å². The van der Waals surface area contributed by atoms with Crippen molar-refractivity contribution in [1.82, 2.24) is 5.32 Å². The van der Waals surface area contributed by atoms with Crippen molar-refractivity contribution in [3.05, 3.63) is 54.6 Å². The van der Waals surface area contributed by atoms with E-state index in [1.54, 1.807) is 0 Å². The van der Waals surface area contributed by atoms with Gasteiger partial charge in [-0.3, -0.25) is 0 Å². The number of nitrogen functional groups attached to an aromatic ring is 1. The lowest BCUT2D eigenvalue weighted by molar-refractivity contribution is 0.406. The van der Waals surface area contributed by atoms with E-state index in [1.807, 2.05) is 24.3 Å². The molecule has 0 spiro atoms. The van der Waals surface area contributed by atoms with Gasteiger partial charge < -0.3 is 11.1 Å². The second-order valence-corrected chi connectivity index (χ2v) is 4.58. The molecular weight excluding hydrogens is 208 g/mol. The standard InChI is InChI=1S/C15H20N2/c1-3-6-11-10-13-12(8-5-9-14(13)16)15(17-11)7-4-2/h3-5,8-9,11,15,17H,1-2,6-7,10,16H2/t11-,15+/m0/s1. The van der Waals surface area contributed by atoms with Gasteiger partial charge >= 0.3 is 0 Å². The number of nitrogens with one attached hydrogen (secondary N) is 1. The van der Waals surface area contributed by atoms with E-state index in [2.05, 4.69) is 24.5 Å². The molecule has 0 fully saturated rings. The molecule has 0 unspecified atom stereocenters. The average Bonchev–Trinajstić information content (AvgIpc) is 2.31. The van der Waals surface area contributed by atoms with Crippen molar-refractivity contribution in [2.75, 3.05) is 5.73 Å². The molecular formula is C15H20N2. The number of fused-ring (bicyclic) bond motifs is 1. The molecule has 2 atom stereocenters. The average molecular weight is 228 g/mol. The maximum atomic E-state index is 6.08. The minimum Gasteiger partial charge on any atom is -0.398 e. The van der Waals surface area contributed by atoms with Gasteiger partial charge in [0.05, 0.1) is 0 Å². The van der Waals surface area contributed by atoms with E-state index in [-0.39, 0.29) is 0 Å². The highest BCUT2D eigenvalue weighted by atomic mass is 15.0. The Kier molecular flexibility index (Phi) is 3.64. The molecule has 0 aromatic heterocycles. The van der Waals surface area contributed by atoms with Crippen LogP contribution >= 0.6 is 0 Å². The first kappa shape index (κ1) is 11.9. The smallest absolute Gasteiger partial charge is 0.0360 e. The topological polar surface area (TPSA) is 38.0 Å². The van der Waals surface area contributed by atoms with E-state index in [1.165, 1.54) is 11.1 Å². The van der Waals surface area contributed by atoms with Crippen molar-refractivity contribution in [2.24, 2.45) is 0 Å². The molecule has 1 aromatic rings. The lowest BCUT2D eigenvalue weighted by atomic mass is 9.86. The normalized spacial score (nSPS) is 22.8. The van der Waals surface area contributed by atoms with Gasteiger partial charge in [-0.25, -0.2) is 0 Å². The Morgan fingerprint density at radius 1 is 1.29 bits per heavy atom. The van der Waals surface area contributed by atoms with Crippen LogP contribution in [0.3, 0.4) is 0 Å². The van der Waals surface area contributed by atoms with Crippen molar-refractivity contribution in [2.45, 2.75) is 31.3 Å². The van der Waals surface area contributed by atoms with E-state index in [9.17, 15) is 0 Å². The summed E-state index contributed by atoms with van der Waals surface area (Å²) in [6, 6.07) is 6.95. The second kappa shape index (κ2) is 5.19. The predicted octanol–water partition coefficient (Wildman–Crippen LogP) is 2.98. The molecule has 0 saturated carbocycles. The summed E-state index contributed by atoms with van der Waals surface area (Å²) in [6.07, 6.45) is 6.82. The van der Waals surface area contributed by atoms with Gasteiger partial charge in [-0.2, -0.15) is 0 Å². The number of hydrogen-bond donors (Lipinski definition) is 2. The SMILES string of the molecule is C=CC[C@H]1Cc2c(N)cccc2[C@@H](CC=C)N1. The molecule has 17 heavy (non-hydrogen) atoms. The lowest BCUT2D eigenvalue weighted by Crippen LogP contribution is -2.39. The number of anilines is 1. The summed E-state index contributed by atoms with van der Waals surface area (Å²) in [5.41, 5.74) is 9.61. The highest BCUT2D eigenvalue weighted by Gasteiger charge is 2.25. The fourth-order valence-electron chi connectivity index (χ4n) is 2.58. The summed E-state index contributed by atoms with van der Waals surface area (Å²) in [4.78, 5) is 0. The minimum atomic E-state index is 0.338. The van der Waals surface area contributed by atoms with Crippen molar-refractivity contribution >= 4 is 5.69 Å². The van der Waals surface area contributed by atoms with Crippen LogP contribution in [0.25, 0.3) is 0 Å². The molecule has 0 bridgehead atoms. The van der Waals surface area contributed by atoms with Crippen LogP contribution in [-0.2, 0) is 6.42 Å².